The lowest BCUT2D eigenvalue weighted by atomic mass is 9.76. The van der Waals surface area contributed by atoms with E-state index in [-0.39, 0.29) is 5.82 Å². The van der Waals surface area contributed by atoms with Gasteiger partial charge in [-0.05, 0) is 104 Å². The second-order valence-corrected chi connectivity index (χ2v) is 9.26. The van der Waals surface area contributed by atoms with Gasteiger partial charge in [-0.25, -0.2) is 4.39 Å². The topological polar surface area (TPSA) is 0 Å². The Balaban J connectivity index is 1.45. The number of halogens is 1. The van der Waals surface area contributed by atoms with Crippen molar-refractivity contribution in [2.45, 2.75) is 83.5 Å². The zero-order valence-corrected chi connectivity index (χ0v) is 18.1. The average Bonchev–Trinajstić information content (AvgIpc) is 2.74. The normalized spacial score (nSPS) is 24.6. The smallest absolute Gasteiger partial charge is 0.126 e. The van der Waals surface area contributed by atoms with Crippen LogP contribution in [0.1, 0.15) is 98.4 Å². The van der Waals surface area contributed by atoms with E-state index in [9.17, 15) is 0 Å². The summed E-state index contributed by atoms with van der Waals surface area (Å²) in [6, 6.07) is 12.9. The monoisotopic (exact) mass is 390 g/mol. The van der Waals surface area contributed by atoms with E-state index in [1.807, 2.05) is 6.07 Å². The Morgan fingerprint density at radius 3 is 2.48 bits per heavy atom. The van der Waals surface area contributed by atoms with Gasteiger partial charge in [0.2, 0.25) is 0 Å². The van der Waals surface area contributed by atoms with Crippen LogP contribution in [0.3, 0.4) is 0 Å². The molecule has 0 aliphatic heterocycles. The van der Waals surface area contributed by atoms with Crippen molar-refractivity contribution in [2.75, 3.05) is 0 Å². The van der Waals surface area contributed by atoms with Gasteiger partial charge in [0.05, 0.1) is 0 Å². The first-order valence-electron chi connectivity index (χ1n) is 11.7. The summed E-state index contributed by atoms with van der Waals surface area (Å²) in [6.45, 7) is 4.34. The molecule has 4 rings (SSSR count). The molecule has 0 spiro atoms. The van der Waals surface area contributed by atoms with E-state index in [1.165, 1.54) is 60.8 Å². The molecule has 1 heteroatoms. The zero-order valence-electron chi connectivity index (χ0n) is 18.1. The van der Waals surface area contributed by atoms with Crippen LogP contribution in [-0.4, -0.2) is 0 Å². The van der Waals surface area contributed by atoms with Crippen molar-refractivity contribution >= 4 is 6.08 Å². The maximum Gasteiger partial charge on any atom is 0.126 e. The third kappa shape index (κ3) is 4.65. The van der Waals surface area contributed by atoms with Gasteiger partial charge in [-0.2, -0.15) is 0 Å². The van der Waals surface area contributed by atoms with Gasteiger partial charge in [0.25, 0.3) is 0 Å². The third-order valence-corrected chi connectivity index (χ3v) is 7.30. The molecule has 1 saturated carbocycles. The SMILES string of the molecule is C/C=C/c1ccc2c(c1)CCC(c1ccc(C3CCC(CCC)CC3)cc1F)C2. The fourth-order valence-corrected chi connectivity index (χ4v) is 5.66. The Morgan fingerprint density at radius 2 is 1.76 bits per heavy atom. The highest BCUT2D eigenvalue weighted by Gasteiger charge is 2.25. The van der Waals surface area contributed by atoms with Crippen LogP contribution in [0.5, 0.6) is 0 Å². The van der Waals surface area contributed by atoms with E-state index in [2.05, 4.69) is 56.3 Å². The van der Waals surface area contributed by atoms with Gasteiger partial charge in [0.15, 0.2) is 0 Å². The Kier molecular flexibility index (Phi) is 6.53. The summed E-state index contributed by atoms with van der Waals surface area (Å²) >= 11 is 0. The van der Waals surface area contributed by atoms with Crippen LogP contribution >= 0.6 is 0 Å². The average molecular weight is 391 g/mol. The van der Waals surface area contributed by atoms with Gasteiger partial charge >= 0.3 is 0 Å². The molecule has 1 atom stereocenters. The number of rotatable bonds is 5. The number of aryl methyl sites for hydroxylation is 1. The molecule has 0 heterocycles. The van der Waals surface area contributed by atoms with E-state index in [0.717, 1.165) is 30.7 Å². The maximum atomic E-state index is 15.1. The molecule has 0 nitrogen and oxygen atoms in total. The quantitative estimate of drug-likeness (QED) is 0.482. The molecule has 0 amide bonds. The summed E-state index contributed by atoms with van der Waals surface area (Å²) in [7, 11) is 0. The molecule has 2 aliphatic rings. The van der Waals surface area contributed by atoms with Crippen LogP contribution in [0.2, 0.25) is 0 Å². The second-order valence-electron chi connectivity index (χ2n) is 9.26. The summed E-state index contributed by atoms with van der Waals surface area (Å²) in [5.74, 6) is 1.79. The van der Waals surface area contributed by atoms with Crippen molar-refractivity contribution in [3.8, 4) is 0 Å². The lowest BCUT2D eigenvalue weighted by Gasteiger charge is -2.29. The van der Waals surface area contributed by atoms with Crippen LogP contribution in [0.15, 0.2) is 42.5 Å². The summed E-state index contributed by atoms with van der Waals surface area (Å²) in [5, 5.41) is 0. The molecule has 0 radical (unpaired) electrons. The standard InChI is InChI=1S/C28H35F/c1-3-5-20-7-10-22(11-8-20)25-15-16-27(28(29)19-25)26-14-13-23-17-21(6-4-2)9-12-24(23)18-26/h4,6,9,12,15-17,19-20,22,26H,3,5,7-8,10-11,13-14,18H2,1-2H3/b6-4+. The lowest BCUT2D eigenvalue weighted by molar-refractivity contribution is 0.308. The predicted molar refractivity (Wildman–Crippen MR) is 122 cm³/mol. The van der Waals surface area contributed by atoms with Gasteiger partial charge in [-0.1, -0.05) is 62.2 Å². The first-order valence-corrected chi connectivity index (χ1v) is 11.7. The summed E-state index contributed by atoms with van der Waals surface area (Å²) in [4.78, 5) is 0. The van der Waals surface area contributed by atoms with Crippen molar-refractivity contribution in [1.82, 2.24) is 0 Å². The minimum atomic E-state index is 0.0252. The van der Waals surface area contributed by atoms with Crippen molar-refractivity contribution in [2.24, 2.45) is 5.92 Å². The van der Waals surface area contributed by atoms with Gasteiger partial charge in [0.1, 0.15) is 5.82 Å². The lowest BCUT2D eigenvalue weighted by Crippen LogP contribution is -2.16. The molecule has 154 valence electrons. The number of fused-ring (bicyclic) bond motifs is 1. The molecule has 0 saturated heterocycles. The Morgan fingerprint density at radius 1 is 0.931 bits per heavy atom. The van der Waals surface area contributed by atoms with E-state index in [0.29, 0.717) is 11.8 Å². The Bertz CT molecular complexity index is 855. The van der Waals surface area contributed by atoms with Crippen molar-refractivity contribution in [1.29, 1.82) is 0 Å². The highest BCUT2D eigenvalue weighted by atomic mass is 19.1. The highest BCUT2D eigenvalue weighted by molar-refractivity contribution is 5.52. The first-order chi connectivity index (χ1) is 14.2. The maximum absolute atomic E-state index is 15.1. The van der Waals surface area contributed by atoms with Crippen molar-refractivity contribution in [3.63, 3.8) is 0 Å². The van der Waals surface area contributed by atoms with Crippen LogP contribution in [0.4, 0.5) is 4.39 Å². The summed E-state index contributed by atoms with van der Waals surface area (Å²) < 4.78 is 15.1. The molecule has 0 bridgehead atoms. The zero-order chi connectivity index (χ0) is 20.2. The minimum absolute atomic E-state index is 0.0252. The van der Waals surface area contributed by atoms with Gasteiger partial charge in [-0.15, -0.1) is 0 Å². The number of hydrogen-bond donors (Lipinski definition) is 0. The fraction of sp³-hybridized carbons (Fsp3) is 0.500. The van der Waals surface area contributed by atoms with Crippen LogP contribution in [0, 0.1) is 11.7 Å². The van der Waals surface area contributed by atoms with Crippen molar-refractivity contribution < 1.29 is 4.39 Å². The van der Waals surface area contributed by atoms with E-state index in [1.54, 1.807) is 0 Å². The summed E-state index contributed by atoms with van der Waals surface area (Å²) in [6.07, 6.45) is 15.0. The van der Waals surface area contributed by atoms with E-state index < -0.39 is 0 Å². The fourth-order valence-electron chi connectivity index (χ4n) is 5.66. The predicted octanol–water partition coefficient (Wildman–Crippen LogP) is 8.21. The van der Waals surface area contributed by atoms with Gasteiger partial charge < -0.3 is 0 Å². The number of allylic oxidation sites excluding steroid dienone is 1. The number of benzene rings is 2. The Labute approximate surface area is 176 Å². The number of hydrogen-bond acceptors (Lipinski definition) is 0. The van der Waals surface area contributed by atoms with E-state index >= 15 is 4.39 Å². The molecule has 0 aromatic heterocycles. The molecule has 2 aliphatic carbocycles. The molecular weight excluding hydrogens is 355 g/mol. The molecule has 1 unspecified atom stereocenters. The largest absolute Gasteiger partial charge is 0.207 e. The molecule has 29 heavy (non-hydrogen) atoms. The van der Waals surface area contributed by atoms with Crippen molar-refractivity contribution in [3.05, 3.63) is 76.1 Å². The summed E-state index contributed by atoms with van der Waals surface area (Å²) in [5.41, 5.74) is 6.27. The first kappa shape index (κ1) is 20.4. The van der Waals surface area contributed by atoms with E-state index in [4.69, 9.17) is 0 Å². The molecular formula is C28H35F. The van der Waals surface area contributed by atoms with Gasteiger partial charge in [-0.3, -0.25) is 0 Å². The molecule has 2 aromatic carbocycles. The second kappa shape index (κ2) is 9.28. The molecule has 0 N–H and O–H groups in total. The molecule has 2 aromatic rings. The van der Waals surface area contributed by atoms with Crippen LogP contribution in [-0.2, 0) is 12.8 Å². The van der Waals surface area contributed by atoms with Crippen LogP contribution in [0.25, 0.3) is 6.08 Å². The molecule has 1 fully saturated rings. The Hall–Kier alpha value is -1.89. The third-order valence-electron chi connectivity index (χ3n) is 7.30. The van der Waals surface area contributed by atoms with Gasteiger partial charge in [0, 0.05) is 0 Å². The minimum Gasteiger partial charge on any atom is -0.207 e. The van der Waals surface area contributed by atoms with Crippen LogP contribution < -0.4 is 0 Å². The highest BCUT2D eigenvalue weighted by Crippen LogP contribution is 2.39.